The lowest BCUT2D eigenvalue weighted by Crippen LogP contribution is -2.30. The van der Waals surface area contributed by atoms with Crippen LogP contribution >= 0.6 is 23.2 Å². The predicted molar refractivity (Wildman–Crippen MR) is 141 cm³/mol. The SMILES string of the molecule is COC(=O)/C=C/COc1ccc(Cl)cc1N1C(=O)C(=O)C(=C(O)c2ccccc2)C1c1ccc(Cl)cc1. The van der Waals surface area contributed by atoms with Crippen LogP contribution in [0.4, 0.5) is 5.69 Å². The van der Waals surface area contributed by atoms with Crippen molar-refractivity contribution >= 4 is 52.3 Å². The molecule has 1 fully saturated rings. The van der Waals surface area contributed by atoms with E-state index < -0.39 is 23.7 Å². The Bertz CT molecular complexity index is 1400. The van der Waals surface area contributed by atoms with Crippen LogP contribution in [0.25, 0.3) is 5.76 Å². The maximum Gasteiger partial charge on any atom is 0.330 e. The van der Waals surface area contributed by atoms with E-state index >= 15 is 0 Å². The molecule has 9 heteroatoms. The lowest BCUT2D eigenvalue weighted by atomic mass is 9.95. The van der Waals surface area contributed by atoms with E-state index in [0.717, 1.165) is 0 Å². The van der Waals surface area contributed by atoms with Gasteiger partial charge in [-0.2, -0.15) is 0 Å². The van der Waals surface area contributed by atoms with Gasteiger partial charge in [-0.3, -0.25) is 14.5 Å². The zero-order valence-electron chi connectivity index (χ0n) is 19.6. The Morgan fingerprint density at radius 2 is 1.68 bits per heavy atom. The number of aliphatic hydroxyl groups is 1. The number of hydrogen-bond acceptors (Lipinski definition) is 6. The summed E-state index contributed by atoms with van der Waals surface area (Å²) < 4.78 is 10.4. The first-order chi connectivity index (χ1) is 17.8. The molecule has 4 rings (SSSR count). The zero-order valence-corrected chi connectivity index (χ0v) is 21.1. The van der Waals surface area contributed by atoms with Crippen molar-refractivity contribution in [2.45, 2.75) is 6.04 Å². The van der Waals surface area contributed by atoms with Crippen LogP contribution in [-0.2, 0) is 19.1 Å². The standard InChI is InChI=1S/C28H21Cl2NO6/c1-36-23(32)8-5-15-37-22-14-13-20(30)16-21(22)31-25(17-9-11-19(29)12-10-17)24(27(34)28(31)35)26(33)18-6-3-2-4-7-18/h2-14,16,25,33H,15H2,1H3/b8-5+,26-24?. The highest BCUT2D eigenvalue weighted by molar-refractivity contribution is 6.52. The third-order valence-electron chi connectivity index (χ3n) is 5.65. The number of hydrogen-bond donors (Lipinski definition) is 1. The van der Waals surface area contributed by atoms with Gasteiger partial charge in [0.2, 0.25) is 0 Å². The highest BCUT2D eigenvalue weighted by atomic mass is 35.5. The monoisotopic (exact) mass is 537 g/mol. The average Bonchev–Trinajstić information content (AvgIpc) is 3.17. The van der Waals surface area contributed by atoms with Crippen molar-refractivity contribution in [3.8, 4) is 5.75 Å². The lowest BCUT2D eigenvalue weighted by molar-refractivity contribution is -0.134. The maximum atomic E-state index is 13.5. The predicted octanol–water partition coefficient (Wildman–Crippen LogP) is 5.73. The molecule has 1 aliphatic rings. The summed E-state index contributed by atoms with van der Waals surface area (Å²) >= 11 is 12.4. The number of ketones is 1. The summed E-state index contributed by atoms with van der Waals surface area (Å²) in [4.78, 5) is 39.4. The quantitative estimate of drug-likeness (QED) is 0.179. The molecule has 1 atom stereocenters. The second-order valence-electron chi connectivity index (χ2n) is 7.94. The second-order valence-corrected chi connectivity index (χ2v) is 8.81. The minimum absolute atomic E-state index is 0.0245. The maximum absolute atomic E-state index is 13.5. The van der Waals surface area contributed by atoms with E-state index in [-0.39, 0.29) is 29.4 Å². The summed E-state index contributed by atoms with van der Waals surface area (Å²) in [5.41, 5.74) is 1.05. The van der Waals surface area contributed by atoms with Gasteiger partial charge in [0.15, 0.2) is 0 Å². The minimum atomic E-state index is -0.996. The summed E-state index contributed by atoms with van der Waals surface area (Å²) in [6.07, 6.45) is 2.65. The van der Waals surface area contributed by atoms with Crippen LogP contribution in [0.1, 0.15) is 17.2 Å². The Morgan fingerprint density at radius 1 is 1.00 bits per heavy atom. The van der Waals surface area contributed by atoms with Crippen LogP contribution in [0, 0.1) is 0 Å². The first-order valence-electron chi connectivity index (χ1n) is 11.1. The van der Waals surface area contributed by atoms with Crippen LogP contribution in [0.2, 0.25) is 10.0 Å². The molecule has 0 saturated carbocycles. The van der Waals surface area contributed by atoms with Gasteiger partial charge in [-0.25, -0.2) is 4.79 Å². The zero-order chi connectivity index (χ0) is 26.5. The number of carbonyl (C=O) groups excluding carboxylic acids is 3. The molecule has 1 amide bonds. The molecule has 0 bridgehead atoms. The van der Waals surface area contributed by atoms with Gasteiger partial charge in [-0.05, 0) is 42.0 Å². The van der Waals surface area contributed by atoms with Crippen molar-refractivity contribution in [1.82, 2.24) is 0 Å². The summed E-state index contributed by atoms with van der Waals surface area (Å²) in [6, 6.07) is 18.7. The van der Waals surface area contributed by atoms with Crippen LogP contribution in [-0.4, -0.2) is 36.5 Å². The molecule has 37 heavy (non-hydrogen) atoms. The molecule has 1 unspecified atom stereocenters. The number of ether oxygens (including phenoxy) is 2. The number of anilines is 1. The average molecular weight is 538 g/mol. The number of halogens is 2. The molecule has 0 spiro atoms. The van der Waals surface area contributed by atoms with E-state index in [0.29, 0.717) is 21.2 Å². The molecular weight excluding hydrogens is 517 g/mol. The number of rotatable bonds is 7. The van der Waals surface area contributed by atoms with Gasteiger partial charge in [0.25, 0.3) is 11.7 Å². The number of aliphatic hydroxyl groups excluding tert-OH is 1. The molecular formula is C28H21Cl2NO6. The third kappa shape index (κ3) is 5.53. The minimum Gasteiger partial charge on any atom is -0.507 e. The number of esters is 1. The summed E-state index contributed by atoms with van der Waals surface area (Å²) in [6.45, 7) is -0.0245. The van der Waals surface area contributed by atoms with Crippen LogP contribution in [0.3, 0.4) is 0 Å². The normalized spacial score (nSPS) is 16.8. The summed E-state index contributed by atoms with van der Waals surface area (Å²) in [5.74, 6) is -2.35. The molecule has 3 aromatic carbocycles. The molecule has 1 N–H and O–H groups in total. The molecule has 3 aromatic rings. The van der Waals surface area contributed by atoms with Crippen molar-refractivity contribution in [3.63, 3.8) is 0 Å². The van der Waals surface area contributed by atoms with Gasteiger partial charge < -0.3 is 14.6 Å². The van der Waals surface area contributed by atoms with Crippen molar-refractivity contribution in [3.05, 3.63) is 112 Å². The van der Waals surface area contributed by atoms with E-state index in [1.54, 1.807) is 66.7 Å². The van der Waals surface area contributed by atoms with E-state index in [2.05, 4.69) is 4.74 Å². The number of amides is 1. The Kier molecular flexibility index (Phi) is 7.96. The van der Waals surface area contributed by atoms with Crippen LogP contribution in [0.5, 0.6) is 5.75 Å². The van der Waals surface area contributed by atoms with E-state index in [1.165, 1.54) is 30.2 Å². The molecule has 7 nitrogen and oxygen atoms in total. The van der Waals surface area contributed by atoms with Gasteiger partial charge in [0, 0.05) is 21.7 Å². The Balaban J connectivity index is 1.85. The molecule has 1 heterocycles. The van der Waals surface area contributed by atoms with Gasteiger partial charge in [0.1, 0.15) is 18.1 Å². The Labute approximate surface area is 223 Å². The number of Topliss-reactive ketones (excluding diaryl/α,β-unsaturated/α-hetero) is 1. The van der Waals surface area contributed by atoms with Gasteiger partial charge >= 0.3 is 5.97 Å². The van der Waals surface area contributed by atoms with Crippen LogP contribution in [0.15, 0.2) is 90.5 Å². The largest absolute Gasteiger partial charge is 0.507 e. The topological polar surface area (TPSA) is 93.1 Å². The highest BCUT2D eigenvalue weighted by Crippen LogP contribution is 2.45. The molecule has 0 aliphatic carbocycles. The molecule has 0 radical (unpaired) electrons. The summed E-state index contributed by atoms with van der Waals surface area (Å²) in [7, 11) is 1.26. The second kappa shape index (κ2) is 11.3. The number of methoxy groups -OCH3 is 1. The van der Waals surface area contributed by atoms with E-state index in [4.69, 9.17) is 27.9 Å². The van der Waals surface area contributed by atoms with Gasteiger partial charge in [0.05, 0.1) is 24.4 Å². The van der Waals surface area contributed by atoms with Crippen molar-refractivity contribution in [1.29, 1.82) is 0 Å². The molecule has 1 saturated heterocycles. The number of carbonyl (C=O) groups is 3. The fourth-order valence-electron chi connectivity index (χ4n) is 3.94. The highest BCUT2D eigenvalue weighted by Gasteiger charge is 2.47. The Morgan fingerprint density at radius 3 is 2.35 bits per heavy atom. The van der Waals surface area contributed by atoms with Crippen molar-refractivity contribution in [2.24, 2.45) is 0 Å². The number of nitrogens with zero attached hydrogens (tertiary/aromatic N) is 1. The van der Waals surface area contributed by atoms with E-state index in [9.17, 15) is 19.5 Å². The fourth-order valence-corrected chi connectivity index (χ4v) is 4.24. The number of benzene rings is 3. The van der Waals surface area contributed by atoms with Crippen molar-refractivity contribution in [2.75, 3.05) is 18.6 Å². The Hall–Kier alpha value is -4.07. The smallest absolute Gasteiger partial charge is 0.330 e. The molecule has 1 aliphatic heterocycles. The third-order valence-corrected chi connectivity index (χ3v) is 6.14. The lowest BCUT2D eigenvalue weighted by Gasteiger charge is -2.27. The summed E-state index contributed by atoms with van der Waals surface area (Å²) in [5, 5.41) is 11.9. The molecule has 0 aromatic heterocycles. The van der Waals surface area contributed by atoms with Crippen LogP contribution < -0.4 is 9.64 Å². The van der Waals surface area contributed by atoms with Crippen molar-refractivity contribution < 1.29 is 29.0 Å². The van der Waals surface area contributed by atoms with E-state index in [1.807, 2.05) is 0 Å². The first-order valence-corrected chi connectivity index (χ1v) is 11.9. The van der Waals surface area contributed by atoms with Gasteiger partial charge in [-0.1, -0.05) is 65.7 Å². The van der Waals surface area contributed by atoms with Gasteiger partial charge in [-0.15, -0.1) is 0 Å². The first kappa shape index (κ1) is 26.0. The molecule has 188 valence electrons. The fraction of sp³-hybridized carbons (Fsp3) is 0.107.